The van der Waals surface area contributed by atoms with E-state index in [-0.39, 0.29) is 30.3 Å². The molecule has 3 amide bonds. The summed E-state index contributed by atoms with van der Waals surface area (Å²) < 4.78 is 14.6. The van der Waals surface area contributed by atoms with Crippen molar-refractivity contribution in [3.8, 4) is 0 Å². The summed E-state index contributed by atoms with van der Waals surface area (Å²) in [5.74, 6) is -0.606. The predicted octanol–water partition coefficient (Wildman–Crippen LogP) is 3.58. The molecule has 1 unspecified atom stereocenters. The summed E-state index contributed by atoms with van der Waals surface area (Å²) >= 11 is 6.31. The van der Waals surface area contributed by atoms with Gasteiger partial charge in [0.2, 0.25) is 0 Å². The zero-order valence-electron chi connectivity index (χ0n) is 16.5. The van der Waals surface area contributed by atoms with E-state index in [1.54, 1.807) is 41.3 Å². The van der Waals surface area contributed by atoms with Crippen LogP contribution in [0.1, 0.15) is 34.8 Å². The van der Waals surface area contributed by atoms with Gasteiger partial charge in [-0.2, -0.15) is 0 Å². The molecule has 1 atom stereocenters. The third-order valence-electron chi connectivity index (χ3n) is 5.67. The molecule has 6 nitrogen and oxygen atoms in total. The van der Waals surface area contributed by atoms with Crippen LogP contribution in [-0.2, 0) is 0 Å². The molecule has 2 aliphatic rings. The molecule has 2 fully saturated rings. The van der Waals surface area contributed by atoms with E-state index in [2.05, 4.69) is 15.5 Å². The molecule has 30 heavy (non-hydrogen) atoms. The van der Waals surface area contributed by atoms with Gasteiger partial charge in [-0.15, -0.1) is 0 Å². The fourth-order valence-electron chi connectivity index (χ4n) is 4.10. The number of amides is 3. The van der Waals surface area contributed by atoms with Gasteiger partial charge in [-0.1, -0.05) is 17.7 Å². The minimum Gasteiger partial charge on any atom is -0.350 e. The third kappa shape index (κ3) is 4.27. The number of likely N-dealkylation sites (tertiary alicyclic amines) is 1. The highest BCUT2D eigenvalue weighted by Crippen LogP contribution is 2.32. The first-order valence-corrected chi connectivity index (χ1v) is 10.5. The zero-order valence-corrected chi connectivity index (χ0v) is 17.3. The maximum atomic E-state index is 14.6. The van der Waals surface area contributed by atoms with Crippen LogP contribution in [0.2, 0.25) is 5.02 Å². The SMILES string of the molecule is O=C(NCC(c1c(F)cccc1Cl)N1CCCC1)c1ccc(N2CCNC2=O)cc1. The van der Waals surface area contributed by atoms with Crippen LogP contribution in [0.5, 0.6) is 0 Å². The van der Waals surface area contributed by atoms with Crippen molar-refractivity contribution < 1.29 is 14.0 Å². The minimum absolute atomic E-state index is 0.137. The molecule has 2 aromatic carbocycles. The topological polar surface area (TPSA) is 64.7 Å². The molecule has 8 heteroatoms. The van der Waals surface area contributed by atoms with Crippen molar-refractivity contribution >= 4 is 29.2 Å². The van der Waals surface area contributed by atoms with Gasteiger partial charge < -0.3 is 10.6 Å². The van der Waals surface area contributed by atoms with E-state index in [0.717, 1.165) is 31.6 Å². The largest absolute Gasteiger partial charge is 0.350 e. The first-order valence-electron chi connectivity index (χ1n) is 10.2. The number of halogens is 2. The second-order valence-corrected chi connectivity index (χ2v) is 7.94. The lowest BCUT2D eigenvalue weighted by Crippen LogP contribution is -2.37. The van der Waals surface area contributed by atoms with E-state index in [1.165, 1.54) is 6.07 Å². The standard InChI is InChI=1S/C22H24ClFN4O2/c23-17-4-3-5-18(24)20(17)19(27-11-1-2-12-27)14-26-21(29)15-6-8-16(9-7-15)28-13-10-25-22(28)30/h3-9,19H,1-2,10-14H2,(H,25,30)(H,26,29). The quantitative estimate of drug-likeness (QED) is 0.736. The number of carbonyl (C=O) groups is 2. The Balaban J connectivity index is 1.47. The van der Waals surface area contributed by atoms with Gasteiger partial charge in [0.15, 0.2) is 0 Å². The van der Waals surface area contributed by atoms with Crippen molar-refractivity contribution in [2.24, 2.45) is 0 Å². The summed E-state index contributed by atoms with van der Waals surface area (Å²) in [5, 5.41) is 6.05. The van der Waals surface area contributed by atoms with Gasteiger partial charge in [-0.05, 0) is 62.3 Å². The fourth-order valence-corrected chi connectivity index (χ4v) is 4.39. The number of carbonyl (C=O) groups excluding carboxylic acids is 2. The highest BCUT2D eigenvalue weighted by molar-refractivity contribution is 6.31. The molecule has 0 aliphatic carbocycles. The second-order valence-electron chi connectivity index (χ2n) is 7.53. The number of nitrogens with zero attached hydrogens (tertiary/aromatic N) is 2. The van der Waals surface area contributed by atoms with Crippen molar-refractivity contribution in [3.05, 3.63) is 64.4 Å². The Morgan fingerprint density at radius 1 is 1.13 bits per heavy atom. The second kappa shape index (κ2) is 9.02. The number of nitrogens with one attached hydrogen (secondary N) is 2. The smallest absolute Gasteiger partial charge is 0.321 e. The van der Waals surface area contributed by atoms with E-state index in [9.17, 15) is 14.0 Å². The lowest BCUT2D eigenvalue weighted by atomic mass is 10.0. The normalized spacial score (nSPS) is 17.8. The van der Waals surface area contributed by atoms with Crippen molar-refractivity contribution in [2.75, 3.05) is 37.6 Å². The maximum Gasteiger partial charge on any atom is 0.321 e. The van der Waals surface area contributed by atoms with Crippen LogP contribution in [0.15, 0.2) is 42.5 Å². The zero-order chi connectivity index (χ0) is 21.1. The highest BCUT2D eigenvalue weighted by atomic mass is 35.5. The molecule has 0 aromatic heterocycles. The molecule has 2 aliphatic heterocycles. The Labute approximate surface area is 180 Å². The summed E-state index contributed by atoms with van der Waals surface area (Å²) in [5.41, 5.74) is 1.66. The van der Waals surface area contributed by atoms with Crippen LogP contribution in [0.4, 0.5) is 14.9 Å². The number of benzene rings is 2. The van der Waals surface area contributed by atoms with Gasteiger partial charge in [-0.25, -0.2) is 9.18 Å². The van der Waals surface area contributed by atoms with Crippen LogP contribution < -0.4 is 15.5 Å². The average Bonchev–Trinajstić information content (AvgIpc) is 3.42. The summed E-state index contributed by atoms with van der Waals surface area (Å²) in [6, 6.07) is 11.1. The molecular formula is C22H24ClFN4O2. The molecule has 2 aromatic rings. The fraction of sp³-hybridized carbons (Fsp3) is 0.364. The summed E-state index contributed by atoms with van der Waals surface area (Å²) in [6.45, 7) is 3.16. The van der Waals surface area contributed by atoms with Gasteiger partial charge in [0.05, 0.1) is 6.04 Å². The Morgan fingerprint density at radius 3 is 2.50 bits per heavy atom. The molecule has 2 heterocycles. The average molecular weight is 431 g/mol. The van der Waals surface area contributed by atoms with Gasteiger partial charge in [0.1, 0.15) is 5.82 Å². The van der Waals surface area contributed by atoms with E-state index >= 15 is 0 Å². The molecule has 0 bridgehead atoms. The molecule has 0 saturated carbocycles. The predicted molar refractivity (Wildman–Crippen MR) is 114 cm³/mol. The van der Waals surface area contributed by atoms with E-state index in [1.807, 2.05) is 0 Å². The van der Waals surface area contributed by atoms with E-state index in [0.29, 0.717) is 29.2 Å². The Hall–Kier alpha value is -2.64. The van der Waals surface area contributed by atoms with Crippen molar-refractivity contribution in [1.29, 1.82) is 0 Å². The molecule has 4 rings (SSSR count). The van der Waals surface area contributed by atoms with Gasteiger partial charge >= 0.3 is 6.03 Å². The maximum absolute atomic E-state index is 14.6. The molecule has 0 radical (unpaired) electrons. The van der Waals surface area contributed by atoms with E-state index < -0.39 is 0 Å². The van der Waals surface area contributed by atoms with Crippen LogP contribution in [0, 0.1) is 5.82 Å². The lowest BCUT2D eigenvalue weighted by Gasteiger charge is -2.29. The first-order chi connectivity index (χ1) is 14.5. The number of hydrogen-bond donors (Lipinski definition) is 2. The van der Waals surface area contributed by atoms with Crippen molar-refractivity contribution in [3.63, 3.8) is 0 Å². The molecule has 2 saturated heterocycles. The van der Waals surface area contributed by atoms with Crippen LogP contribution in [0.3, 0.4) is 0 Å². The lowest BCUT2D eigenvalue weighted by molar-refractivity contribution is 0.0937. The number of urea groups is 1. The third-order valence-corrected chi connectivity index (χ3v) is 6.00. The van der Waals surface area contributed by atoms with Crippen LogP contribution >= 0.6 is 11.6 Å². The summed E-state index contributed by atoms with van der Waals surface area (Å²) in [6.07, 6.45) is 2.09. The first kappa shape index (κ1) is 20.6. The van der Waals surface area contributed by atoms with Gasteiger partial charge in [-0.3, -0.25) is 14.6 Å². The van der Waals surface area contributed by atoms with Crippen LogP contribution in [-0.4, -0.2) is 49.6 Å². The highest BCUT2D eigenvalue weighted by Gasteiger charge is 2.28. The molecule has 0 spiro atoms. The van der Waals surface area contributed by atoms with Crippen molar-refractivity contribution in [2.45, 2.75) is 18.9 Å². The van der Waals surface area contributed by atoms with Crippen molar-refractivity contribution in [1.82, 2.24) is 15.5 Å². The van der Waals surface area contributed by atoms with Gasteiger partial charge in [0.25, 0.3) is 5.91 Å². The number of hydrogen-bond acceptors (Lipinski definition) is 3. The monoisotopic (exact) mass is 430 g/mol. The number of rotatable bonds is 6. The Morgan fingerprint density at radius 2 is 1.87 bits per heavy atom. The Bertz CT molecular complexity index is 911. The van der Waals surface area contributed by atoms with Crippen LogP contribution in [0.25, 0.3) is 0 Å². The molecule has 158 valence electrons. The number of anilines is 1. The van der Waals surface area contributed by atoms with Gasteiger partial charge in [0, 0.05) is 41.5 Å². The van der Waals surface area contributed by atoms with E-state index in [4.69, 9.17) is 11.6 Å². The Kier molecular flexibility index (Phi) is 6.20. The summed E-state index contributed by atoms with van der Waals surface area (Å²) in [7, 11) is 0. The molecular weight excluding hydrogens is 407 g/mol. The minimum atomic E-state index is -0.359. The summed E-state index contributed by atoms with van der Waals surface area (Å²) in [4.78, 5) is 28.3. The molecule has 2 N–H and O–H groups in total.